The third-order valence-corrected chi connectivity index (χ3v) is 9.17. The Bertz CT molecular complexity index is 2590. The van der Waals surface area contributed by atoms with Crippen LogP contribution >= 0.6 is 0 Å². The molecule has 7 nitrogen and oxygen atoms in total. The summed E-state index contributed by atoms with van der Waals surface area (Å²) >= 11 is 0. The van der Waals surface area contributed by atoms with E-state index in [0.717, 1.165) is 49.7 Å². The fourth-order valence-corrected chi connectivity index (χ4v) is 7.03. The highest BCUT2D eigenvalue weighted by atomic mass is 15.0. The maximum absolute atomic E-state index is 9.47. The van der Waals surface area contributed by atoms with Gasteiger partial charge in [-0.1, -0.05) is 70.8 Å². The minimum atomic E-state index is 0.376. The van der Waals surface area contributed by atoms with Gasteiger partial charge in [0.2, 0.25) is 0 Å². The summed E-state index contributed by atoms with van der Waals surface area (Å²) in [7, 11) is 0. The molecule has 0 fully saturated rings. The van der Waals surface area contributed by atoms with Crippen LogP contribution in [0.1, 0.15) is 33.4 Å². The molecule has 3 heterocycles. The zero-order valence-electron chi connectivity index (χ0n) is 28.6. The summed E-state index contributed by atoms with van der Waals surface area (Å²) in [5.41, 5.74) is 14.8. The Hall–Kier alpha value is -6.96. The SMILES string of the molecule is Cc1cc(C)cc(-c2ccc3c(c2)c2cc(-c4cc(C)cc(C)c4)ccc2n3-c2ccc(-c3ncc(C#N)cn3)cc2-c2ncc(C#N)cn2)c1. The second-order valence-corrected chi connectivity index (χ2v) is 13.1. The third kappa shape index (κ3) is 5.77. The van der Waals surface area contributed by atoms with Crippen molar-refractivity contribution in [2.24, 2.45) is 0 Å². The molecular formula is C44H31N7. The summed E-state index contributed by atoms with van der Waals surface area (Å²) < 4.78 is 2.27. The van der Waals surface area contributed by atoms with Crippen molar-refractivity contribution in [3.63, 3.8) is 0 Å². The number of benzene rings is 5. The minimum absolute atomic E-state index is 0.376. The van der Waals surface area contributed by atoms with Gasteiger partial charge in [-0.3, -0.25) is 0 Å². The van der Waals surface area contributed by atoms with Crippen LogP contribution in [0.25, 0.3) is 72.5 Å². The average Bonchev–Trinajstić information content (AvgIpc) is 3.46. The van der Waals surface area contributed by atoms with E-state index in [1.807, 2.05) is 18.2 Å². The maximum atomic E-state index is 9.47. The van der Waals surface area contributed by atoms with E-state index >= 15 is 0 Å². The van der Waals surface area contributed by atoms with Gasteiger partial charge in [-0.25, -0.2) is 19.9 Å². The Morgan fingerprint density at radius 3 is 1.33 bits per heavy atom. The Kier molecular flexibility index (Phi) is 7.67. The van der Waals surface area contributed by atoms with E-state index in [1.54, 1.807) is 0 Å². The molecule has 0 spiro atoms. The van der Waals surface area contributed by atoms with Gasteiger partial charge in [0.1, 0.15) is 12.1 Å². The lowest BCUT2D eigenvalue weighted by Crippen LogP contribution is -2.01. The van der Waals surface area contributed by atoms with Crippen LogP contribution in [-0.4, -0.2) is 24.5 Å². The lowest BCUT2D eigenvalue weighted by atomic mass is 9.97. The van der Waals surface area contributed by atoms with Gasteiger partial charge in [0, 0.05) is 46.7 Å². The van der Waals surface area contributed by atoms with Crippen molar-refractivity contribution in [2.45, 2.75) is 27.7 Å². The Morgan fingerprint density at radius 1 is 0.451 bits per heavy atom. The molecule has 8 aromatic rings. The molecule has 0 N–H and O–H groups in total. The number of hydrogen-bond acceptors (Lipinski definition) is 6. The number of hydrogen-bond donors (Lipinski definition) is 0. The Morgan fingerprint density at radius 2 is 0.882 bits per heavy atom. The van der Waals surface area contributed by atoms with Crippen molar-refractivity contribution in [1.29, 1.82) is 10.5 Å². The first kappa shape index (κ1) is 31.3. The van der Waals surface area contributed by atoms with E-state index in [0.29, 0.717) is 22.8 Å². The molecule has 3 aromatic heterocycles. The molecule has 5 aromatic carbocycles. The van der Waals surface area contributed by atoms with E-state index in [2.05, 4.69) is 137 Å². The average molecular weight is 658 g/mol. The predicted octanol–water partition coefficient (Wildman–Crippen LogP) is 10.0. The first-order valence-corrected chi connectivity index (χ1v) is 16.6. The molecule has 0 aliphatic rings. The van der Waals surface area contributed by atoms with E-state index in [9.17, 15) is 10.5 Å². The quantitative estimate of drug-likeness (QED) is 0.182. The van der Waals surface area contributed by atoms with Crippen LogP contribution in [0.2, 0.25) is 0 Å². The topological polar surface area (TPSA) is 104 Å². The van der Waals surface area contributed by atoms with Crippen LogP contribution in [0, 0.1) is 50.4 Å². The molecule has 0 bridgehead atoms. The highest BCUT2D eigenvalue weighted by Gasteiger charge is 2.20. The highest BCUT2D eigenvalue weighted by Crippen LogP contribution is 2.40. The Labute approximate surface area is 295 Å². The van der Waals surface area contributed by atoms with Crippen molar-refractivity contribution in [1.82, 2.24) is 24.5 Å². The fourth-order valence-electron chi connectivity index (χ4n) is 7.03. The number of aryl methyl sites for hydroxylation is 4. The molecule has 7 heteroatoms. The molecule has 8 rings (SSSR count). The Balaban J connectivity index is 1.41. The first-order valence-electron chi connectivity index (χ1n) is 16.6. The summed E-state index contributed by atoms with van der Waals surface area (Å²) in [5.74, 6) is 0.946. The van der Waals surface area contributed by atoms with E-state index in [4.69, 9.17) is 0 Å². The lowest BCUT2D eigenvalue weighted by Gasteiger charge is -2.15. The van der Waals surface area contributed by atoms with Crippen LogP contribution < -0.4 is 0 Å². The molecule has 0 atom stereocenters. The zero-order valence-corrected chi connectivity index (χ0v) is 28.6. The molecule has 51 heavy (non-hydrogen) atoms. The van der Waals surface area contributed by atoms with Crippen LogP contribution in [0.3, 0.4) is 0 Å². The van der Waals surface area contributed by atoms with E-state index in [-0.39, 0.29) is 0 Å². The van der Waals surface area contributed by atoms with Crippen LogP contribution in [0.4, 0.5) is 0 Å². The standard InChI is InChI=1S/C44H31N7/c1-26-11-27(2)14-35(13-26)32-5-8-40-37(17-32)38-18-33(36-15-28(3)12-29(4)16-36)6-9-41(38)51(40)42-10-7-34(43-47-22-30(20-45)23-48-43)19-39(42)44-49-24-31(21-46)25-50-44/h5-19,22-25H,1-4H3. The normalized spacial score (nSPS) is 11.1. The summed E-state index contributed by atoms with van der Waals surface area (Å²) in [6, 6.07) is 36.9. The van der Waals surface area contributed by atoms with Crippen molar-refractivity contribution in [3.05, 3.63) is 149 Å². The third-order valence-electron chi connectivity index (χ3n) is 9.17. The molecule has 242 valence electrons. The largest absolute Gasteiger partial charge is 0.308 e. The zero-order chi connectivity index (χ0) is 35.2. The number of nitriles is 2. The molecule has 0 aliphatic heterocycles. The number of aromatic nitrogens is 5. The first-order chi connectivity index (χ1) is 24.8. The van der Waals surface area contributed by atoms with Gasteiger partial charge in [-0.15, -0.1) is 0 Å². The highest BCUT2D eigenvalue weighted by molar-refractivity contribution is 6.12. The molecule has 0 radical (unpaired) electrons. The summed E-state index contributed by atoms with van der Waals surface area (Å²) in [6.45, 7) is 8.54. The van der Waals surface area contributed by atoms with E-state index < -0.39 is 0 Å². The van der Waals surface area contributed by atoms with Crippen molar-refractivity contribution in [2.75, 3.05) is 0 Å². The number of fused-ring (bicyclic) bond motifs is 3. The number of rotatable bonds is 5. The van der Waals surface area contributed by atoms with Crippen molar-refractivity contribution in [3.8, 4) is 62.9 Å². The van der Waals surface area contributed by atoms with Crippen molar-refractivity contribution >= 4 is 21.8 Å². The second-order valence-electron chi connectivity index (χ2n) is 13.1. The minimum Gasteiger partial charge on any atom is -0.308 e. The molecular weight excluding hydrogens is 627 g/mol. The summed E-state index contributed by atoms with van der Waals surface area (Å²) in [4.78, 5) is 18.1. The van der Waals surface area contributed by atoms with Crippen LogP contribution in [0.5, 0.6) is 0 Å². The van der Waals surface area contributed by atoms with Gasteiger partial charge in [0.05, 0.1) is 27.8 Å². The van der Waals surface area contributed by atoms with Gasteiger partial charge in [0.15, 0.2) is 11.6 Å². The molecule has 0 amide bonds. The van der Waals surface area contributed by atoms with Crippen molar-refractivity contribution < 1.29 is 0 Å². The van der Waals surface area contributed by atoms with Crippen LogP contribution in [0.15, 0.2) is 116 Å². The summed E-state index contributed by atoms with van der Waals surface area (Å²) in [6.07, 6.45) is 6.10. The molecule has 0 aliphatic carbocycles. The van der Waals surface area contributed by atoms with Gasteiger partial charge in [0.25, 0.3) is 0 Å². The van der Waals surface area contributed by atoms with Crippen LogP contribution in [-0.2, 0) is 0 Å². The van der Waals surface area contributed by atoms with E-state index in [1.165, 1.54) is 58.2 Å². The fraction of sp³-hybridized carbons (Fsp3) is 0.0909. The molecule has 0 saturated heterocycles. The van der Waals surface area contributed by atoms with Gasteiger partial charge < -0.3 is 4.57 Å². The second kappa shape index (κ2) is 12.5. The summed E-state index contributed by atoms with van der Waals surface area (Å²) in [5, 5.41) is 21.0. The lowest BCUT2D eigenvalue weighted by molar-refractivity contribution is 1.12. The van der Waals surface area contributed by atoms with Gasteiger partial charge in [-0.2, -0.15) is 10.5 Å². The van der Waals surface area contributed by atoms with Gasteiger partial charge >= 0.3 is 0 Å². The smallest absolute Gasteiger partial charge is 0.161 e. The van der Waals surface area contributed by atoms with Gasteiger partial charge in [-0.05, 0) is 92.4 Å². The predicted molar refractivity (Wildman–Crippen MR) is 202 cm³/mol. The molecule has 0 saturated carbocycles. The number of nitrogens with zero attached hydrogens (tertiary/aromatic N) is 7. The monoisotopic (exact) mass is 657 g/mol. The molecule has 0 unspecified atom stereocenters. The maximum Gasteiger partial charge on any atom is 0.161 e.